The number of hydrogen-bond acceptors (Lipinski definition) is 6. The number of ether oxygens (including phenoxy) is 1. The predicted molar refractivity (Wildman–Crippen MR) is 133 cm³/mol. The first-order valence-corrected chi connectivity index (χ1v) is 12.5. The molecule has 0 unspecified atom stereocenters. The van der Waals surface area contributed by atoms with Crippen molar-refractivity contribution in [2.45, 2.75) is 44.5 Å². The highest BCUT2D eigenvalue weighted by molar-refractivity contribution is 7.99. The topological polar surface area (TPSA) is 72.3 Å². The van der Waals surface area contributed by atoms with Crippen molar-refractivity contribution in [1.82, 2.24) is 14.8 Å². The molecule has 0 bridgehead atoms. The highest BCUT2D eigenvalue weighted by Crippen LogP contribution is 2.39. The average molecular weight is 486 g/mol. The number of hydrogen-bond donors (Lipinski definition) is 1. The summed E-state index contributed by atoms with van der Waals surface area (Å²) in [4.78, 5) is 14.8. The summed E-state index contributed by atoms with van der Waals surface area (Å²) in [7, 11) is 0. The second-order valence-corrected chi connectivity index (χ2v) is 9.12. The van der Waals surface area contributed by atoms with Gasteiger partial charge in [0.2, 0.25) is 5.91 Å². The van der Waals surface area contributed by atoms with E-state index in [1.165, 1.54) is 11.8 Å². The van der Waals surface area contributed by atoms with Gasteiger partial charge in [0.05, 0.1) is 10.8 Å². The van der Waals surface area contributed by atoms with E-state index < -0.39 is 0 Å². The van der Waals surface area contributed by atoms with Crippen LogP contribution >= 0.6 is 23.4 Å². The number of aromatic nitrogens is 3. The Morgan fingerprint density at radius 2 is 1.88 bits per heavy atom. The van der Waals surface area contributed by atoms with Crippen molar-refractivity contribution >= 4 is 40.6 Å². The molecule has 0 atom stereocenters. The zero-order valence-corrected chi connectivity index (χ0v) is 20.4. The second-order valence-electron chi connectivity index (χ2n) is 7.78. The number of para-hydroxylation sites is 1. The maximum Gasteiger partial charge on any atom is 0.234 e. The van der Waals surface area contributed by atoms with E-state index in [4.69, 9.17) is 16.3 Å². The van der Waals surface area contributed by atoms with Crippen LogP contribution in [0.4, 0.5) is 11.4 Å². The van der Waals surface area contributed by atoms with E-state index in [0.717, 1.165) is 48.3 Å². The number of benzene rings is 2. The lowest BCUT2D eigenvalue weighted by Crippen LogP contribution is -2.21. The van der Waals surface area contributed by atoms with Crippen molar-refractivity contribution in [3.05, 3.63) is 59.4 Å². The van der Waals surface area contributed by atoms with E-state index in [1.54, 1.807) is 6.07 Å². The van der Waals surface area contributed by atoms with Gasteiger partial charge in [-0.2, -0.15) is 0 Å². The molecular formula is C24H28ClN5O2S. The smallest absolute Gasteiger partial charge is 0.234 e. The van der Waals surface area contributed by atoms with Crippen molar-refractivity contribution in [2.24, 2.45) is 0 Å². The molecule has 0 radical (unpaired) electrons. The lowest BCUT2D eigenvalue weighted by molar-refractivity contribution is -0.113. The predicted octanol–water partition coefficient (Wildman–Crippen LogP) is 5.42. The molecule has 1 fully saturated rings. The normalized spacial score (nSPS) is 13.1. The number of halogens is 1. The van der Waals surface area contributed by atoms with Crippen LogP contribution in [0.2, 0.25) is 5.02 Å². The summed E-state index contributed by atoms with van der Waals surface area (Å²) in [6.45, 7) is 6.44. The fourth-order valence-electron chi connectivity index (χ4n) is 3.58. The molecule has 1 saturated carbocycles. The molecule has 1 aliphatic rings. The molecule has 3 aromatic rings. The molecule has 0 spiro atoms. The molecule has 2 aromatic carbocycles. The van der Waals surface area contributed by atoms with Gasteiger partial charge in [0.1, 0.15) is 12.4 Å². The van der Waals surface area contributed by atoms with Crippen LogP contribution in [0.5, 0.6) is 5.75 Å². The third-order valence-corrected chi connectivity index (χ3v) is 6.71. The Morgan fingerprint density at radius 3 is 2.55 bits per heavy atom. The zero-order valence-electron chi connectivity index (χ0n) is 18.8. The molecule has 33 heavy (non-hydrogen) atoms. The maximum absolute atomic E-state index is 12.5. The van der Waals surface area contributed by atoms with Gasteiger partial charge in [0.25, 0.3) is 0 Å². The van der Waals surface area contributed by atoms with Crippen LogP contribution < -0.4 is 15.0 Å². The Balaban J connectivity index is 1.34. The number of nitrogens with zero attached hydrogens (tertiary/aromatic N) is 4. The number of nitrogens with one attached hydrogen (secondary N) is 1. The minimum absolute atomic E-state index is 0.0743. The van der Waals surface area contributed by atoms with E-state index in [-0.39, 0.29) is 18.3 Å². The molecule has 1 N–H and O–H groups in total. The van der Waals surface area contributed by atoms with Crippen molar-refractivity contribution in [1.29, 1.82) is 0 Å². The third kappa shape index (κ3) is 6.00. The van der Waals surface area contributed by atoms with Crippen LogP contribution in [-0.2, 0) is 11.4 Å². The lowest BCUT2D eigenvalue weighted by atomic mass is 10.2. The minimum atomic E-state index is -0.0743. The maximum atomic E-state index is 12.5. The molecule has 174 valence electrons. The van der Waals surface area contributed by atoms with Crippen molar-refractivity contribution < 1.29 is 9.53 Å². The summed E-state index contributed by atoms with van der Waals surface area (Å²) < 4.78 is 7.95. The van der Waals surface area contributed by atoms with Crippen LogP contribution in [0.3, 0.4) is 0 Å². The molecule has 7 nitrogen and oxygen atoms in total. The van der Waals surface area contributed by atoms with Gasteiger partial charge in [-0.25, -0.2) is 0 Å². The Hall–Kier alpha value is -2.71. The number of rotatable bonds is 11. The molecule has 0 saturated heterocycles. The van der Waals surface area contributed by atoms with Crippen molar-refractivity contribution in [3.8, 4) is 5.75 Å². The van der Waals surface area contributed by atoms with Crippen molar-refractivity contribution in [2.75, 3.05) is 29.1 Å². The standard InChI is InChI=1S/C24H28ClN5O2S/c1-3-29(4-2)18-11-9-17(10-12-18)26-23(31)16-33-24-28-27-22(30(24)19-13-14-19)15-32-21-8-6-5-7-20(21)25/h5-12,19H,3-4,13-16H2,1-2H3,(H,26,31). The number of anilines is 2. The van der Waals surface area contributed by atoms with Crippen LogP contribution in [0.15, 0.2) is 53.7 Å². The van der Waals surface area contributed by atoms with Gasteiger partial charge >= 0.3 is 0 Å². The Kier molecular flexibility index (Phi) is 7.77. The lowest BCUT2D eigenvalue weighted by Gasteiger charge is -2.21. The largest absolute Gasteiger partial charge is 0.484 e. The van der Waals surface area contributed by atoms with Gasteiger partial charge in [-0.1, -0.05) is 35.5 Å². The SMILES string of the molecule is CCN(CC)c1ccc(NC(=O)CSc2nnc(COc3ccccc3Cl)n2C2CC2)cc1. The zero-order chi connectivity index (χ0) is 23.2. The molecular weight excluding hydrogens is 458 g/mol. The van der Waals surface area contributed by atoms with E-state index in [1.807, 2.05) is 42.5 Å². The molecule has 9 heteroatoms. The van der Waals surface area contributed by atoms with Crippen LogP contribution in [0.1, 0.15) is 38.6 Å². The summed E-state index contributed by atoms with van der Waals surface area (Å²) >= 11 is 7.57. The molecule has 4 rings (SSSR count). The summed E-state index contributed by atoms with van der Waals surface area (Å²) in [5.74, 6) is 1.54. The van der Waals surface area contributed by atoms with E-state index in [0.29, 0.717) is 16.8 Å². The Labute approximate surface area is 203 Å². The molecule has 1 amide bonds. The van der Waals surface area contributed by atoms with E-state index >= 15 is 0 Å². The average Bonchev–Trinajstić information content (AvgIpc) is 3.59. The number of thioether (sulfide) groups is 1. The fraction of sp³-hybridized carbons (Fsp3) is 0.375. The van der Waals surface area contributed by atoms with Crippen LogP contribution in [0.25, 0.3) is 0 Å². The fourth-order valence-corrected chi connectivity index (χ4v) is 4.59. The first-order valence-electron chi connectivity index (χ1n) is 11.2. The number of amides is 1. The number of carbonyl (C=O) groups excluding carboxylic acids is 1. The summed E-state index contributed by atoms with van der Waals surface area (Å²) in [6.07, 6.45) is 2.16. The molecule has 1 aromatic heterocycles. The van der Waals surface area contributed by atoms with E-state index in [9.17, 15) is 4.79 Å². The molecule has 1 aliphatic carbocycles. The quantitative estimate of drug-likeness (QED) is 0.365. The second kappa shape index (κ2) is 10.9. The Morgan fingerprint density at radius 1 is 1.15 bits per heavy atom. The molecule has 1 heterocycles. The van der Waals surface area contributed by atoms with Gasteiger partial charge < -0.3 is 15.0 Å². The van der Waals surface area contributed by atoms with E-state index in [2.05, 4.69) is 38.8 Å². The Bertz CT molecular complexity index is 1080. The monoisotopic (exact) mass is 485 g/mol. The van der Waals surface area contributed by atoms with Gasteiger partial charge in [-0.15, -0.1) is 10.2 Å². The third-order valence-electron chi connectivity index (χ3n) is 5.45. The molecule has 0 aliphatic heterocycles. The van der Waals surface area contributed by atoms with Crippen LogP contribution in [-0.4, -0.2) is 39.5 Å². The van der Waals surface area contributed by atoms with Gasteiger partial charge in [-0.3, -0.25) is 9.36 Å². The summed E-state index contributed by atoms with van der Waals surface area (Å²) in [6, 6.07) is 15.7. The highest BCUT2D eigenvalue weighted by Gasteiger charge is 2.30. The van der Waals surface area contributed by atoms with Gasteiger partial charge in [0, 0.05) is 30.5 Å². The summed E-state index contributed by atoms with van der Waals surface area (Å²) in [5.41, 5.74) is 1.94. The first kappa shape index (κ1) is 23.4. The number of carbonyl (C=O) groups is 1. The highest BCUT2D eigenvalue weighted by atomic mass is 35.5. The van der Waals surface area contributed by atoms with Gasteiger partial charge in [-0.05, 0) is 63.1 Å². The first-order chi connectivity index (χ1) is 16.1. The van der Waals surface area contributed by atoms with Crippen molar-refractivity contribution in [3.63, 3.8) is 0 Å². The summed E-state index contributed by atoms with van der Waals surface area (Å²) in [5, 5.41) is 12.9. The van der Waals surface area contributed by atoms with Gasteiger partial charge in [0.15, 0.2) is 11.0 Å². The van der Waals surface area contributed by atoms with Crippen LogP contribution in [0, 0.1) is 0 Å². The minimum Gasteiger partial charge on any atom is -0.484 e.